The van der Waals surface area contributed by atoms with Crippen LogP contribution in [-0.4, -0.2) is 33.7 Å². The van der Waals surface area contributed by atoms with Crippen LogP contribution in [0.4, 0.5) is 0 Å². The minimum atomic E-state index is -0.506. The van der Waals surface area contributed by atoms with Gasteiger partial charge in [0.15, 0.2) is 0 Å². The first kappa shape index (κ1) is 20.3. The molecular formula is C22H18N4O4S. The third-order valence-electron chi connectivity index (χ3n) is 4.57. The lowest BCUT2D eigenvalue weighted by atomic mass is 10.2. The van der Waals surface area contributed by atoms with Gasteiger partial charge in [0.2, 0.25) is 5.91 Å². The van der Waals surface area contributed by atoms with Crippen molar-refractivity contribution in [2.24, 2.45) is 5.73 Å². The summed E-state index contributed by atoms with van der Waals surface area (Å²) in [5.74, 6) is 0.782. The molecule has 0 unspecified atom stereocenters. The molecule has 0 spiro atoms. The van der Waals surface area contributed by atoms with Crippen LogP contribution in [0.5, 0.6) is 11.5 Å². The molecule has 2 heterocycles. The molecule has 0 saturated heterocycles. The number of amides is 2. The van der Waals surface area contributed by atoms with Crippen molar-refractivity contribution < 1.29 is 14.3 Å². The molecule has 3 N–H and O–H groups in total. The molecule has 4 rings (SSSR count). The number of H-pyrrole nitrogens is 1. The van der Waals surface area contributed by atoms with Gasteiger partial charge in [-0.15, -0.1) is 11.3 Å². The summed E-state index contributed by atoms with van der Waals surface area (Å²) in [7, 11) is 1.64. The predicted octanol–water partition coefficient (Wildman–Crippen LogP) is 3.15. The zero-order chi connectivity index (χ0) is 22.0. The number of carbonyl (C=O) groups excluding carboxylic acids is 2. The van der Waals surface area contributed by atoms with Gasteiger partial charge in [-0.3, -0.25) is 14.4 Å². The Balaban J connectivity index is 1.43. The predicted molar refractivity (Wildman–Crippen MR) is 118 cm³/mol. The van der Waals surface area contributed by atoms with Crippen molar-refractivity contribution in [2.45, 2.75) is 6.54 Å². The fourth-order valence-electron chi connectivity index (χ4n) is 3.00. The lowest BCUT2D eigenvalue weighted by Gasteiger charge is -2.17. The Bertz CT molecular complexity index is 1310. The molecule has 0 aliphatic rings. The monoisotopic (exact) mass is 434 g/mol. The molecule has 156 valence electrons. The molecule has 0 atom stereocenters. The van der Waals surface area contributed by atoms with Crippen LogP contribution in [0.15, 0.2) is 64.8 Å². The van der Waals surface area contributed by atoms with Gasteiger partial charge in [0, 0.05) is 18.2 Å². The van der Waals surface area contributed by atoms with Gasteiger partial charge >= 0.3 is 0 Å². The van der Waals surface area contributed by atoms with Crippen LogP contribution in [0.2, 0.25) is 0 Å². The maximum atomic E-state index is 12.7. The Morgan fingerprint density at radius 3 is 2.26 bits per heavy atom. The van der Waals surface area contributed by atoms with Gasteiger partial charge in [-0.25, -0.2) is 4.98 Å². The van der Waals surface area contributed by atoms with Gasteiger partial charge in [-0.05, 0) is 60.0 Å². The summed E-state index contributed by atoms with van der Waals surface area (Å²) in [6, 6.07) is 14.9. The van der Waals surface area contributed by atoms with E-state index in [9.17, 15) is 14.4 Å². The van der Waals surface area contributed by atoms with Crippen molar-refractivity contribution in [1.29, 1.82) is 0 Å². The number of primary amides is 1. The first-order valence-electron chi connectivity index (χ1n) is 9.30. The quantitative estimate of drug-likeness (QED) is 0.483. The van der Waals surface area contributed by atoms with Crippen LogP contribution in [0.25, 0.3) is 10.2 Å². The standard InChI is InChI=1S/C22H18N4O4S/c1-26(12-18-24-17-10-11-31-19(17)21(28)25-18)22(29)14-4-8-16(9-5-14)30-15-6-2-13(3-7-15)20(23)27/h2-11H,12H2,1H3,(H2,23,27)(H,24,25,28). The van der Waals surface area contributed by atoms with Gasteiger partial charge in [-0.1, -0.05) is 0 Å². The Labute approximate surface area is 180 Å². The third kappa shape index (κ3) is 4.46. The number of hydrogen-bond acceptors (Lipinski definition) is 6. The number of thiophene rings is 1. The Hall–Kier alpha value is -3.98. The summed E-state index contributed by atoms with van der Waals surface area (Å²) >= 11 is 1.33. The summed E-state index contributed by atoms with van der Waals surface area (Å²) in [5, 5.41) is 1.81. The number of carbonyl (C=O) groups is 2. The summed E-state index contributed by atoms with van der Waals surface area (Å²) in [5.41, 5.74) is 6.50. The Morgan fingerprint density at radius 1 is 1.03 bits per heavy atom. The van der Waals surface area contributed by atoms with Gasteiger partial charge in [0.25, 0.3) is 11.5 Å². The number of rotatable bonds is 6. The van der Waals surface area contributed by atoms with Gasteiger partial charge < -0.3 is 20.4 Å². The van der Waals surface area contributed by atoms with E-state index in [4.69, 9.17) is 10.5 Å². The highest BCUT2D eigenvalue weighted by molar-refractivity contribution is 7.17. The molecule has 0 bridgehead atoms. The topological polar surface area (TPSA) is 118 Å². The van der Waals surface area contributed by atoms with Crippen LogP contribution in [0.1, 0.15) is 26.5 Å². The fraction of sp³-hybridized carbons (Fsp3) is 0.0909. The summed E-state index contributed by atoms with van der Waals surface area (Å²) in [6.45, 7) is 0.171. The van der Waals surface area contributed by atoms with Crippen molar-refractivity contribution in [3.8, 4) is 11.5 Å². The number of aromatic amines is 1. The summed E-state index contributed by atoms with van der Waals surface area (Å²) < 4.78 is 6.29. The van der Waals surface area contributed by atoms with Gasteiger partial charge in [-0.2, -0.15) is 0 Å². The van der Waals surface area contributed by atoms with Crippen molar-refractivity contribution >= 4 is 33.4 Å². The second kappa shape index (κ2) is 8.41. The van der Waals surface area contributed by atoms with Crippen molar-refractivity contribution in [1.82, 2.24) is 14.9 Å². The largest absolute Gasteiger partial charge is 0.457 e. The second-order valence-corrected chi connectivity index (χ2v) is 7.74. The van der Waals surface area contributed by atoms with E-state index in [0.29, 0.717) is 38.7 Å². The van der Waals surface area contributed by atoms with E-state index < -0.39 is 5.91 Å². The minimum Gasteiger partial charge on any atom is -0.457 e. The van der Waals surface area contributed by atoms with E-state index in [0.717, 1.165) is 0 Å². The average Bonchev–Trinajstić information content (AvgIpc) is 3.23. The van der Waals surface area contributed by atoms with Crippen molar-refractivity contribution in [2.75, 3.05) is 7.05 Å². The smallest absolute Gasteiger partial charge is 0.268 e. The lowest BCUT2D eigenvalue weighted by Crippen LogP contribution is -2.28. The number of nitrogens with two attached hydrogens (primary N) is 1. The maximum absolute atomic E-state index is 12.7. The SMILES string of the molecule is CN(Cc1nc2ccsc2c(=O)[nH]1)C(=O)c1ccc(Oc2ccc(C(N)=O)cc2)cc1. The minimum absolute atomic E-state index is 0.171. The molecule has 31 heavy (non-hydrogen) atoms. The van der Waals surface area contributed by atoms with Crippen molar-refractivity contribution in [3.63, 3.8) is 0 Å². The highest BCUT2D eigenvalue weighted by Crippen LogP contribution is 2.22. The molecule has 8 nitrogen and oxygen atoms in total. The number of aromatic nitrogens is 2. The molecule has 0 fully saturated rings. The summed E-state index contributed by atoms with van der Waals surface area (Å²) in [4.78, 5) is 44.6. The normalized spacial score (nSPS) is 10.7. The van der Waals surface area contributed by atoms with Crippen LogP contribution >= 0.6 is 11.3 Å². The fourth-order valence-corrected chi connectivity index (χ4v) is 3.73. The molecule has 0 aliphatic heterocycles. The molecule has 0 radical (unpaired) electrons. The molecule has 0 saturated carbocycles. The molecule has 2 amide bonds. The average molecular weight is 434 g/mol. The zero-order valence-corrected chi connectivity index (χ0v) is 17.3. The maximum Gasteiger partial charge on any atom is 0.268 e. The lowest BCUT2D eigenvalue weighted by molar-refractivity contribution is 0.0781. The first-order valence-corrected chi connectivity index (χ1v) is 10.2. The Kier molecular flexibility index (Phi) is 5.50. The number of nitrogens with zero attached hydrogens (tertiary/aromatic N) is 2. The van der Waals surface area contributed by atoms with Crippen LogP contribution in [0, 0.1) is 0 Å². The molecule has 2 aromatic heterocycles. The number of ether oxygens (including phenoxy) is 1. The molecule has 2 aromatic carbocycles. The molecule has 9 heteroatoms. The third-order valence-corrected chi connectivity index (χ3v) is 5.48. The van der Waals surface area contributed by atoms with E-state index >= 15 is 0 Å². The number of benzene rings is 2. The summed E-state index contributed by atoms with van der Waals surface area (Å²) in [6.07, 6.45) is 0. The van der Waals surface area contributed by atoms with E-state index in [1.165, 1.54) is 16.2 Å². The Morgan fingerprint density at radius 2 is 1.65 bits per heavy atom. The van der Waals surface area contributed by atoms with Crippen molar-refractivity contribution in [3.05, 3.63) is 87.3 Å². The second-order valence-electron chi connectivity index (χ2n) is 6.82. The highest BCUT2D eigenvalue weighted by Gasteiger charge is 2.14. The number of fused-ring (bicyclic) bond motifs is 1. The van der Waals surface area contributed by atoms with E-state index in [-0.39, 0.29) is 18.0 Å². The molecular weight excluding hydrogens is 416 g/mol. The highest BCUT2D eigenvalue weighted by atomic mass is 32.1. The molecule has 4 aromatic rings. The molecule has 0 aliphatic carbocycles. The van der Waals surface area contributed by atoms with Gasteiger partial charge in [0.1, 0.15) is 22.0 Å². The van der Waals surface area contributed by atoms with E-state index in [2.05, 4.69) is 9.97 Å². The number of hydrogen-bond donors (Lipinski definition) is 2. The van der Waals surface area contributed by atoms with Crippen LogP contribution < -0.4 is 16.0 Å². The number of nitrogens with one attached hydrogen (secondary N) is 1. The van der Waals surface area contributed by atoms with Crippen LogP contribution in [0.3, 0.4) is 0 Å². The van der Waals surface area contributed by atoms with E-state index in [1.807, 2.05) is 0 Å². The zero-order valence-electron chi connectivity index (χ0n) is 16.5. The first-order chi connectivity index (χ1) is 14.9. The van der Waals surface area contributed by atoms with Gasteiger partial charge in [0.05, 0.1) is 12.1 Å². The van der Waals surface area contributed by atoms with E-state index in [1.54, 1.807) is 67.0 Å². The van der Waals surface area contributed by atoms with Crippen LogP contribution in [-0.2, 0) is 6.54 Å².